The minimum atomic E-state index is 0.369. The summed E-state index contributed by atoms with van der Waals surface area (Å²) in [4.78, 5) is 17.8. The quantitative estimate of drug-likeness (QED) is 0.707. The number of unbranched alkanes of at least 4 members (excludes halogenated alkanes) is 2. The third-order valence-corrected chi connectivity index (χ3v) is 3.23. The van der Waals surface area contributed by atoms with E-state index < -0.39 is 0 Å². The molecule has 0 aromatic carbocycles. The summed E-state index contributed by atoms with van der Waals surface area (Å²) >= 11 is 0. The van der Waals surface area contributed by atoms with Crippen molar-refractivity contribution in [2.45, 2.75) is 53.0 Å². The number of anilines is 3. The molecule has 0 saturated heterocycles. The number of nitrogens with zero attached hydrogens (tertiary/aromatic N) is 5. The maximum atomic E-state index is 4.61. The first-order valence-electron chi connectivity index (χ1n) is 7.93. The van der Waals surface area contributed by atoms with E-state index in [1.807, 2.05) is 25.9 Å². The molecule has 0 bridgehead atoms. The fraction of sp³-hybridized carbons (Fsp3) is 0.800. The molecule has 0 amide bonds. The molecule has 0 saturated carbocycles. The molecule has 0 fully saturated rings. The lowest BCUT2D eigenvalue weighted by Crippen LogP contribution is -2.34. The lowest BCUT2D eigenvalue weighted by atomic mass is 10.2. The Morgan fingerprint density at radius 2 is 1.67 bits per heavy atom. The standard InChI is InChI=1S/C15H30N6/c1-7-9-10-11-21(12(3)4)15-18-13(16-8-2)17-14(19-15)20(5)6/h12H,7-11H2,1-6H3,(H,16,17,18,19). The Morgan fingerprint density at radius 1 is 1.00 bits per heavy atom. The fourth-order valence-electron chi connectivity index (χ4n) is 2.04. The number of aromatic nitrogens is 3. The van der Waals surface area contributed by atoms with Gasteiger partial charge in [-0.25, -0.2) is 0 Å². The van der Waals surface area contributed by atoms with Crippen molar-refractivity contribution in [2.24, 2.45) is 0 Å². The van der Waals surface area contributed by atoms with Gasteiger partial charge in [0.25, 0.3) is 0 Å². The molecule has 1 aromatic heterocycles. The Morgan fingerprint density at radius 3 is 2.19 bits per heavy atom. The second kappa shape index (κ2) is 8.64. The highest BCUT2D eigenvalue weighted by Crippen LogP contribution is 2.18. The van der Waals surface area contributed by atoms with Crippen molar-refractivity contribution < 1.29 is 0 Å². The molecular weight excluding hydrogens is 264 g/mol. The zero-order valence-electron chi connectivity index (χ0n) is 14.3. The van der Waals surface area contributed by atoms with Gasteiger partial charge < -0.3 is 15.1 Å². The largest absolute Gasteiger partial charge is 0.354 e. The fourth-order valence-corrected chi connectivity index (χ4v) is 2.04. The molecule has 0 atom stereocenters. The highest BCUT2D eigenvalue weighted by molar-refractivity contribution is 5.44. The summed E-state index contributed by atoms with van der Waals surface area (Å²) in [6.45, 7) is 10.4. The van der Waals surface area contributed by atoms with Crippen LogP contribution in [0.2, 0.25) is 0 Å². The van der Waals surface area contributed by atoms with Crippen LogP contribution in [0.15, 0.2) is 0 Å². The van der Waals surface area contributed by atoms with E-state index in [2.05, 4.69) is 45.9 Å². The highest BCUT2D eigenvalue weighted by atomic mass is 15.4. The number of hydrogen-bond acceptors (Lipinski definition) is 6. The number of rotatable bonds is 9. The molecule has 0 radical (unpaired) electrons. The van der Waals surface area contributed by atoms with Crippen LogP contribution in [0, 0.1) is 0 Å². The van der Waals surface area contributed by atoms with Gasteiger partial charge in [-0.15, -0.1) is 0 Å². The van der Waals surface area contributed by atoms with Gasteiger partial charge in [-0.1, -0.05) is 19.8 Å². The van der Waals surface area contributed by atoms with E-state index in [-0.39, 0.29) is 0 Å². The molecule has 120 valence electrons. The first-order chi connectivity index (χ1) is 9.99. The topological polar surface area (TPSA) is 57.2 Å². The van der Waals surface area contributed by atoms with Crippen LogP contribution in [0.1, 0.15) is 47.0 Å². The molecule has 0 aliphatic carbocycles. The summed E-state index contributed by atoms with van der Waals surface area (Å²) in [5, 5.41) is 3.19. The molecule has 6 heteroatoms. The molecule has 0 unspecified atom stereocenters. The first kappa shape index (κ1) is 17.5. The number of nitrogens with one attached hydrogen (secondary N) is 1. The normalized spacial score (nSPS) is 10.8. The summed E-state index contributed by atoms with van der Waals surface area (Å²) in [5.74, 6) is 2.10. The van der Waals surface area contributed by atoms with Crippen LogP contribution < -0.4 is 15.1 Å². The minimum absolute atomic E-state index is 0.369. The molecular formula is C15H30N6. The third-order valence-electron chi connectivity index (χ3n) is 3.23. The van der Waals surface area contributed by atoms with Gasteiger partial charge in [-0.3, -0.25) is 0 Å². The average Bonchev–Trinajstić information content (AvgIpc) is 2.43. The van der Waals surface area contributed by atoms with Gasteiger partial charge in [0.05, 0.1) is 0 Å². The van der Waals surface area contributed by atoms with Crippen LogP contribution in [0.5, 0.6) is 0 Å². The van der Waals surface area contributed by atoms with Gasteiger partial charge >= 0.3 is 0 Å². The zero-order chi connectivity index (χ0) is 15.8. The van der Waals surface area contributed by atoms with Crippen molar-refractivity contribution in [3.8, 4) is 0 Å². The van der Waals surface area contributed by atoms with E-state index in [0.717, 1.165) is 25.5 Å². The van der Waals surface area contributed by atoms with Crippen molar-refractivity contribution >= 4 is 17.8 Å². The predicted octanol–water partition coefficient (Wildman–Crippen LogP) is 2.77. The number of hydrogen-bond donors (Lipinski definition) is 1. The van der Waals surface area contributed by atoms with Crippen molar-refractivity contribution in [2.75, 3.05) is 42.3 Å². The summed E-state index contributed by atoms with van der Waals surface area (Å²) in [6, 6.07) is 0.369. The van der Waals surface area contributed by atoms with Crippen LogP contribution in [0.3, 0.4) is 0 Å². The maximum Gasteiger partial charge on any atom is 0.232 e. The van der Waals surface area contributed by atoms with E-state index in [9.17, 15) is 0 Å². The molecule has 21 heavy (non-hydrogen) atoms. The summed E-state index contributed by atoms with van der Waals surface area (Å²) in [5.41, 5.74) is 0. The second-order valence-corrected chi connectivity index (χ2v) is 5.68. The highest BCUT2D eigenvalue weighted by Gasteiger charge is 2.16. The van der Waals surface area contributed by atoms with Gasteiger partial charge in [0.2, 0.25) is 17.8 Å². The molecule has 0 aliphatic heterocycles. The summed E-state index contributed by atoms with van der Waals surface area (Å²) in [7, 11) is 3.90. The van der Waals surface area contributed by atoms with Gasteiger partial charge in [-0.05, 0) is 27.2 Å². The third kappa shape index (κ3) is 5.36. The Balaban J connectivity index is 3.04. The van der Waals surface area contributed by atoms with Crippen LogP contribution in [0.25, 0.3) is 0 Å². The molecule has 0 spiro atoms. The van der Waals surface area contributed by atoms with Crippen molar-refractivity contribution in [1.29, 1.82) is 0 Å². The first-order valence-corrected chi connectivity index (χ1v) is 7.93. The molecule has 6 nitrogen and oxygen atoms in total. The van der Waals surface area contributed by atoms with E-state index in [4.69, 9.17) is 0 Å². The van der Waals surface area contributed by atoms with E-state index in [1.54, 1.807) is 0 Å². The van der Waals surface area contributed by atoms with Crippen LogP contribution in [0.4, 0.5) is 17.8 Å². The Labute approximate surface area is 129 Å². The van der Waals surface area contributed by atoms with Crippen LogP contribution >= 0.6 is 0 Å². The van der Waals surface area contributed by atoms with Crippen molar-refractivity contribution in [3.05, 3.63) is 0 Å². The Kier molecular flexibility index (Phi) is 7.19. The predicted molar refractivity (Wildman–Crippen MR) is 90.3 cm³/mol. The monoisotopic (exact) mass is 294 g/mol. The van der Waals surface area contributed by atoms with Gasteiger partial charge in [0, 0.05) is 33.2 Å². The lowest BCUT2D eigenvalue weighted by Gasteiger charge is -2.27. The van der Waals surface area contributed by atoms with E-state index in [1.165, 1.54) is 12.8 Å². The molecule has 1 rings (SSSR count). The zero-order valence-corrected chi connectivity index (χ0v) is 14.3. The SMILES string of the molecule is CCCCCN(c1nc(NCC)nc(N(C)C)n1)C(C)C. The van der Waals surface area contributed by atoms with Gasteiger partial charge in [0.1, 0.15) is 0 Å². The van der Waals surface area contributed by atoms with Crippen molar-refractivity contribution in [1.82, 2.24) is 15.0 Å². The minimum Gasteiger partial charge on any atom is -0.354 e. The maximum absolute atomic E-state index is 4.61. The van der Waals surface area contributed by atoms with Gasteiger partial charge in [0.15, 0.2) is 0 Å². The second-order valence-electron chi connectivity index (χ2n) is 5.68. The van der Waals surface area contributed by atoms with Crippen molar-refractivity contribution in [3.63, 3.8) is 0 Å². The Bertz CT molecular complexity index is 419. The summed E-state index contributed by atoms with van der Waals surface area (Å²) < 4.78 is 0. The molecule has 1 aromatic rings. The van der Waals surface area contributed by atoms with Crippen LogP contribution in [-0.4, -0.2) is 48.2 Å². The average molecular weight is 294 g/mol. The Hall–Kier alpha value is -1.59. The molecule has 1 heterocycles. The summed E-state index contributed by atoms with van der Waals surface area (Å²) in [6.07, 6.45) is 3.61. The van der Waals surface area contributed by atoms with E-state index >= 15 is 0 Å². The van der Waals surface area contributed by atoms with E-state index in [0.29, 0.717) is 17.9 Å². The van der Waals surface area contributed by atoms with Gasteiger partial charge in [-0.2, -0.15) is 15.0 Å². The lowest BCUT2D eigenvalue weighted by molar-refractivity contribution is 0.611. The smallest absolute Gasteiger partial charge is 0.232 e. The molecule has 0 aliphatic rings. The van der Waals surface area contributed by atoms with Crippen LogP contribution in [-0.2, 0) is 0 Å². The molecule has 1 N–H and O–H groups in total.